The molecule has 0 aromatic heterocycles. The van der Waals surface area contributed by atoms with Crippen LogP contribution in [0, 0.1) is 0 Å². The van der Waals surface area contributed by atoms with E-state index in [0.29, 0.717) is 5.02 Å². The van der Waals surface area contributed by atoms with Gasteiger partial charge in [0.15, 0.2) is 29.7 Å². The molecule has 0 bridgehead atoms. The SMILES string of the molecule is O=C(O)COc1cc(N(c2ccc(Cl)cc2)S(=O)O)c2c(c1O)C(=O)c1ccccc1C2=O. The van der Waals surface area contributed by atoms with Crippen molar-refractivity contribution in [2.45, 2.75) is 0 Å². The lowest BCUT2D eigenvalue weighted by Gasteiger charge is -2.28. The lowest BCUT2D eigenvalue weighted by molar-refractivity contribution is -0.139. The van der Waals surface area contributed by atoms with Gasteiger partial charge in [-0.05, 0) is 24.3 Å². The number of benzene rings is 3. The van der Waals surface area contributed by atoms with Crippen LogP contribution in [-0.2, 0) is 16.1 Å². The Morgan fingerprint density at radius 2 is 1.58 bits per heavy atom. The maximum atomic E-state index is 13.4. The van der Waals surface area contributed by atoms with Crippen LogP contribution < -0.4 is 9.04 Å². The van der Waals surface area contributed by atoms with Gasteiger partial charge in [0.25, 0.3) is 11.3 Å². The second kappa shape index (κ2) is 8.66. The Kier molecular flexibility index (Phi) is 5.90. The number of carbonyl (C=O) groups excluding carboxylic acids is 2. The predicted molar refractivity (Wildman–Crippen MR) is 119 cm³/mol. The van der Waals surface area contributed by atoms with Gasteiger partial charge in [0.2, 0.25) is 0 Å². The van der Waals surface area contributed by atoms with E-state index in [2.05, 4.69) is 0 Å². The quantitative estimate of drug-likeness (QED) is 0.350. The Bertz CT molecular complexity index is 1340. The number of rotatable bonds is 6. The number of hydrogen-bond donors (Lipinski definition) is 3. The Morgan fingerprint density at radius 1 is 1.00 bits per heavy atom. The van der Waals surface area contributed by atoms with Crippen LogP contribution in [0.2, 0.25) is 5.02 Å². The highest BCUT2D eigenvalue weighted by Gasteiger charge is 2.38. The maximum Gasteiger partial charge on any atom is 0.341 e. The van der Waals surface area contributed by atoms with Crippen molar-refractivity contribution in [2.75, 3.05) is 10.9 Å². The molecular weight excluding hydrogens is 474 g/mol. The minimum absolute atomic E-state index is 0.0230. The normalized spacial score (nSPS) is 13.2. The van der Waals surface area contributed by atoms with E-state index in [1.54, 1.807) is 12.1 Å². The van der Waals surface area contributed by atoms with Gasteiger partial charge in [0, 0.05) is 22.2 Å². The van der Waals surface area contributed by atoms with Crippen molar-refractivity contribution in [1.82, 2.24) is 0 Å². The van der Waals surface area contributed by atoms with Gasteiger partial charge < -0.3 is 14.9 Å². The fourth-order valence-electron chi connectivity index (χ4n) is 3.53. The van der Waals surface area contributed by atoms with Gasteiger partial charge in [-0.2, -0.15) is 0 Å². The molecule has 33 heavy (non-hydrogen) atoms. The fraction of sp³-hybridized carbons (Fsp3) is 0.0455. The summed E-state index contributed by atoms with van der Waals surface area (Å²) in [7, 11) is 0. The topological polar surface area (TPSA) is 141 Å². The maximum absolute atomic E-state index is 13.4. The van der Waals surface area contributed by atoms with Gasteiger partial charge in [-0.3, -0.25) is 14.1 Å². The molecule has 9 nitrogen and oxygen atoms in total. The molecule has 1 atom stereocenters. The van der Waals surface area contributed by atoms with E-state index >= 15 is 0 Å². The van der Waals surface area contributed by atoms with Crippen molar-refractivity contribution < 1.29 is 38.1 Å². The van der Waals surface area contributed by atoms with Crippen LogP contribution in [-0.4, -0.2) is 43.1 Å². The van der Waals surface area contributed by atoms with E-state index < -0.39 is 52.5 Å². The average molecular weight is 488 g/mol. The number of ketones is 2. The lowest BCUT2D eigenvalue weighted by atomic mass is 9.82. The largest absolute Gasteiger partial charge is 0.504 e. The van der Waals surface area contributed by atoms with Crippen molar-refractivity contribution in [1.29, 1.82) is 0 Å². The van der Waals surface area contributed by atoms with Crippen LogP contribution in [0.4, 0.5) is 11.4 Å². The summed E-state index contributed by atoms with van der Waals surface area (Å²) in [4.78, 5) is 37.6. The molecule has 0 aliphatic heterocycles. The molecule has 3 N–H and O–H groups in total. The zero-order chi connectivity index (χ0) is 23.9. The van der Waals surface area contributed by atoms with E-state index in [4.69, 9.17) is 21.4 Å². The molecule has 3 aromatic rings. The Labute approximate surface area is 194 Å². The lowest BCUT2D eigenvalue weighted by Crippen LogP contribution is -2.27. The minimum atomic E-state index is -2.75. The van der Waals surface area contributed by atoms with Crippen molar-refractivity contribution >= 4 is 51.8 Å². The minimum Gasteiger partial charge on any atom is -0.504 e. The number of carboxylic acids is 1. The van der Waals surface area contributed by atoms with Crippen LogP contribution in [0.25, 0.3) is 0 Å². The standard InChI is InChI=1S/C22H14ClNO8S/c23-11-5-7-12(8-6-11)24(33(30)31)15-9-16(32-10-17(25)26)22(29)19-18(15)20(27)13-3-1-2-4-14(13)21(19)28/h1-9,29H,10H2,(H,25,26)(H,30,31). The van der Waals surface area contributed by atoms with Crippen molar-refractivity contribution in [3.05, 3.63) is 81.9 Å². The number of hydrogen-bond acceptors (Lipinski definition) is 6. The summed E-state index contributed by atoms with van der Waals surface area (Å²) < 4.78 is 28.4. The molecule has 0 saturated heterocycles. The molecule has 0 heterocycles. The fourth-order valence-corrected chi connectivity index (χ4v) is 4.27. The molecule has 168 valence electrons. The number of phenols is 1. The number of anilines is 2. The first-order valence-corrected chi connectivity index (χ1v) is 10.7. The number of nitrogens with zero attached hydrogens (tertiary/aromatic N) is 1. The predicted octanol–water partition coefficient (Wildman–Crippen LogP) is 3.56. The third kappa shape index (κ3) is 3.95. The average Bonchev–Trinajstić information content (AvgIpc) is 2.78. The molecular formula is C22H14ClNO8S. The number of carbonyl (C=O) groups is 3. The Hall–Kier alpha value is -3.73. The number of aromatic hydroxyl groups is 1. The smallest absolute Gasteiger partial charge is 0.341 e. The summed E-state index contributed by atoms with van der Waals surface area (Å²) in [6.45, 7) is -0.867. The highest BCUT2D eigenvalue weighted by molar-refractivity contribution is 7.81. The summed E-state index contributed by atoms with van der Waals surface area (Å²) in [6, 6.07) is 12.7. The second-order valence-corrected chi connectivity index (χ2v) is 8.14. The van der Waals surface area contributed by atoms with Crippen LogP contribution in [0.1, 0.15) is 31.8 Å². The number of aliphatic carboxylic acids is 1. The summed E-state index contributed by atoms with van der Waals surface area (Å²) in [5, 5.41) is 20.1. The first kappa shape index (κ1) is 22.5. The highest BCUT2D eigenvalue weighted by Crippen LogP contribution is 2.46. The van der Waals surface area contributed by atoms with Gasteiger partial charge in [-0.1, -0.05) is 35.9 Å². The second-order valence-electron chi connectivity index (χ2n) is 6.88. The third-order valence-electron chi connectivity index (χ3n) is 4.90. The number of halogens is 1. The number of fused-ring (bicyclic) bond motifs is 2. The number of carboxylic acid groups (broad SMARTS) is 1. The zero-order valence-electron chi connectivity index (χ0n) is 16.5. The van der Waals surface area contributed by atoms with Crippen molar-refractivity contribution in [3.8, 4) is 11.5 Å². The molecule has 1 aliphatic rings. The van der Waals surface area contributed by atoms with E-state index in [0.717, 1.165) is 10.4 Å². The number of phenolic OH excluding ortho intramolecular Hbond substituents is 1. The van der Waals surface area contributed by atoms with Crippen molar-refractivity contribution in [2.24, 2.45) is 0 Å². The molecule has 3 aromatic carbocycles. The van der Waals surface area contributed by atoms with Crippen LogP contribution in [0.15, 0.2) is 54.6 Å². The van der Waals surface area contributed by atoms with E-state index in [1.165, 1.54) is 36.4 Å². The Morgan fingerprint density at radius 3 is 2.12 bits per heavy atom. The molecule has 0 spiro atoms. The highest BCUT2D eigenvalue weighted by atomic mass is 35.5. The summed E-state index contributed by atoms with van der Waals surface area (Å²) >= 11 is 3.16. The molecule has 0 fully saturated rings. The van der Waals surface area contributed by atoms with Crippen molar-refractivity contribution in [3.63, 3.8) is 0 Å². The molecule has 0 radical (unpaired) electrons. The molecule has 11 heteroatoms. The van der Waals surface area contributed by atoms with E-state index in [9.17, 15) is 28.3 Å². The summed E-state index contributed by atoms with van der Waals surface area (Å²) in [5.41, 5.74) is -0.808. The monoisotopic (exact) mass is 487 g/mol. The van der Waals surface area contributed by atoms with Crippen LogP contribution in [0.5, 0.6) is 11.5 Å². The zero-order valence-corrected chi connectivity index (χ0v) is 18.1. The molecule has 4 rings (SSSR count). The summed E-state index contributed by atoms with van der Waals surface area (Å²) in [6.07, 6.45) is 0. The number of ether oxygens (including phenoxy) is 1. The van der Waals surface area contributed by atoms with Gasteiger partial charge >= 0.3 is 5.97 Å². The van der Waals surface area contributed by atoms with Crippen LogP contribution >= 0.6 is 11.6 Å². The van der Waals surface area contributed by atoms with E-state index in [-0.39, 0.29) is 28.1 Å². The molecule has 0 amide bonds. The van der Waals surface area contributed by atoms with Gasteiger partial charge in [-0.15, -0.1) is 0 Å². The molecule has 1 aliphatic carbocycles. The van der Waals surface area contributed by atoms with Gasteiger partial charge in [0.1, 0.15) is 0 Å². The molecule has 1 unspecified atom stereocenters. The first-order chi connectivity index (χ1) is 15.7. The first-order valence-electron chi connectivity index (χ1n) is 9.30. The van der Waals surface area contributed by atoms with Crippen LogP contribution in [0.3, 0.4) is 0 Å². The van der Waals surface area contributed by atoms with E-state index in [1.807, 2.05) is 0 Å². The van der Waals surface area contributed by atoms with Gasteiger partial charge in [-0.25, -0.2) is 13.3 Å². The van der Waals surface area contributed by atoms with Gasteiger partial charge in [0.05, 0.1) is 22.5 Å². The third-order valence-corrected chi connectivity index (χ3v) is 5.87. The Balaban J connectivity index is 2.03. The summed E-state index contributed by atoms with van der Waals surface area (Å²) in [5.74, 6) is -3.94. The molecule has 0 saturated carbocycles.